The van der Waals surface area contributed by atoms with Crippen LogP contribution in [-0.2, 0) is 0 Å². The molecule has 0 heterocycles. The number of allylic oxidation sites excluding steroid dienone is 5. The summed E-state index contributed by atoms with van der Waals surface area (Å²) in [4.78, 5) is 0. The summed E-state index contributed by atoms with van der Waals surface area (Å²) in [6.45, 7) is 5.99. The van der Waals surface area contributed by atoms with Crippen molar-refractivity contribution in [1.29, 1.82) is 0 Å². The fourth-order valence-corrected chi connectivity index (χ4v) is 1.45. The Morgan fingerprint density at radius 3 is 3.09 bits per heavy atom. The third kappa shape index (κ3) is 2.07. The standard InChI is InChI=1S/C11H16/c1-3-5-7-11-9-6-8-10(11)4-2/h4-7,9-11H,2-3,8H2,1H3/b7-5+. The molecule has 0 nitrogen and oxygen atoms in total. The Labute approximate surface area is 69.3 Å². The van der Waals surface area contributed by atoms with Crippen LogP contribution in [0.3, 0.4) is 0 Å². The van der Waals surface area contributed by atoms with Gasteiger partial charge in [0.1, 0.15) is 0 Å². The van der Waals surface area contributed by atoms with Crippen molar-refractivity contribution in [1.82, 2.24) is 0 Å². The average Bonchev–Trinajstić information content (AvgIpc) is 2.47. The molecule has 60 valence electrons. The molecule has 0 aromatic carbocycles. The highest BCUT2D eigenvalue weighted by molar-refractivity contribution is 5.13. The Balaban J connectivity index is 2.49. The number of rotatable bonds is 3. The summed E-state index contributed by atoms with van der Waals surface area (Å²) >= 11 is 0. The summed E-state index contributed by atoms with van der Waals surface area (Å²) in [5, 5.41) is 0. The van der Waals surface area contributed by atoms with Gasteiger partial charge in [-0.05, 0) is 18.8 Å². The number of hydrogen-bond acceptors (Lipinski definition) is 0. The Morgan fingerprint density at radius 1 is 1.64 bits per heavy atom. The maximum absolute atomic E-state index is 3.83. The molecule has 1 aliphatic rings. The summed E-state index contributed by atoms with van der Waals surface area (Å²) in [5.74, 6) is 1.27. The van der Waals surface area contributed by atoms with E-state index in [1.165, 1.54) is 6.42 Å². The minimum Gasteiger partial charge on any atom is -0.103 e. The van der Waals surface area contributed by atoms with Crippen molar-refractivity contribution in [2.45, 2.75) is 19.8 Å². The smallest absolute Gasteiger partial charge is 0.00122 e. The molecule has 11 heavy (non-hydrogen) atoms. The molecule has 0 N–H and O–H groups in total. The summed E-state index contributed by atoms with van der Waals surface area (Å²) in [7, 11) is 0. The predicted molar refractivity (Wildman–Crippen MR) is 50.4 cm³/mol. The second-order valence-electron chi connectivity index (χ2n) is 2.98. The summed E-state index contributed by atoms with van der Waals surface area (Å²) < 4.78 is 0. The first-order valence-corrected chi connectivity index (χ1v) is 4.34. The van der Waals surface area contributed by atoms with Gasteiger partial charge in [-0.3, -0.25) is 0 Å². The van der Waals surface area contributed by atoms with Crippen molar-refractivity contribution in [3.8, 4) is 0 Å². The molecule has 0 aromatic rings. The zero-order valence-corrected chi connectivity index (χ0v) is 7.16. The SMILES string of the molecule is C=CC1CC=CC1/C=C/CC. The van der Waals surface area contributed by atoms with E-state index in [4.69, 9.17) is 0 Å². The van der Waals surface area contributed by atoms with Crippen LogP contribution in [0.2, 0.25) is 0 Å². The highest BCUT2D eigenvalue weighted by Crippen LogP contribution is 2.26. The lowest BCUT2D eigenvalue weighted by molar-refractivity contribution is 0.603. The van der Waals surface area contributed by atoms with Gasteiger partial charge in [0.2, 0.25) is 0 Å². The third-order valence-corrected chi connectivity index (χ3v) is 2.16. The first-order chi connectivity index (χ1) is 5.38. The van der Waals surface area contributed by atoms with Gasteiger partial charge in [0.15, 0.2) is 0 Å². The highest BCUT2D eigenvalue weighted by Gasteiger charge is 2.15. The Hall–Kier alpha value is -0.780. The van der Waals surface area contributed by atoms with Crippen LogP contribution in [0.5, 0.6) is 0 Å². The van der Waals surface area contributed by atoms with Gasteiger partial charge < -0.3 is 0 Å². The molecule has 0 aliphatic heterocycles. The van der Waals surface area contributed by atoms with Gasteiger partial charge in [0, 0.05) is 5.92 Å². The van der Waals surface area contributed by atoms with Gasteiger partial charge in [0.05, 0.1) is 0 Å². The molecule has 0 aromatic heterocycles. The van der Waals surface area contributed by atoms with Gasteiger partial charge in [-0.15, -0.1) is 6.58 Å². The van der Waals surface area contributed by atoms with Gasteiger partial charge in [-0.25, -0.2) is 0 Å². The van der Waals surface area contributed by atoms with Crippen LogP contribution < -0.4 is 0 Å². The van der Waals surface area contributed by atoms with Crippen molar-refractivity contribution < 1.29 is 0 Å². The maximum atomic E-state index is 3.83. The second-order valence-corrected chi connectivity index (χ2v) is 2.98. The van der Waals surface area contributed by atoms with Crippen LogP contribution in [-0.4, -0.2) is 0 Å². The van der Waals surface area contributed by atoms with Crippen LogP contribution in [0, 0.1) is 11.8 Å². The molecule has 0 spiro atoms. The summed E-state index contributed by atoms with van der Waals surface area (Å²) in [5.41, 5.74) is 0. The largest absolute Gasteiger partial charge is 0.103 e. The molecular formula is C11H16. The van der Waals surface area contributed by atoms with Gasteiger partial charge >= 0.3 is 0 Å². The molecule has 1 aliphatic carbocycles. The fraction of sp³-hybridized carbons (Fsp3) is 0.455. The van der Waals surface area contributed by atoms with E-state index in [1.807, 2.05) is 0 Å². The summed E-state index contributed by atoms with van der Waals surface area (Å²) in [6, 6.07) is 0. The van der Waals surface area contributed by atoms with E-state index in [0.29, 0.717) is 11.8 Å². The van der Waals surface area contributed by atoms with E-state index in [2.05, 4.69) is 43.9 Å². The van der Waals surface area contributed by atoms with Gasteiger partial charge in [-0.2, -0.15) is 0 Å². The molecule has 0 radical (unpaired) electrons. The van der Waals surface area contributed by atoms with Crippen molar-refractivity contribution in [2.24, 2.45) is 11.8 Å². The van der Waals surface area contributed by atoms with E-state index >= 15 is 0 Å². The van der Waals surface area contributed by atoms with E-state index in [9.17, 15) is 0 Å². The quantitative estimate of drug-likeness (QED) is 0.538. The first-order valence-electron chi connectivity index (χ1n) is 4.34. The number of hydrogen-bond donors (Lipinski definition) is 0. The lowest BCUT2D eigenvalue weighted by Crippen LogP contribution is -2.00. The van der Waals surface area contributed by atoms with E-state index < -0.39 is 0 Å². The average molecular weight is 148 g/mol. The monoisotopic (exact) mass is 148 g/mol. The van der Waals surface area contributed by atoms with Crippen LogP contribution in [0.25, 0.3) is 0 Å². The molecule has 0 amide bonds. The Kier molecular flexibility index (Phi) is 3.15. The van der Waals surface area contributed by atoms with E-state index in [0.717, 1.165) is 6.42 Å². The van der Waals surface area contributed by atoms with E-state index in [-0.39, 0.29) is 0 Å². The van der Waals surface area contributed by atoms with Crippen molar-refractivity contribution in [3.63, 3.8) is 0 Å². The van der Waals surface area contributed by atoms with Crippen molar-refractivity contribution in [3.05, 3.63) is 37.0 Å². The molecule has 1 rings (SSSR count). The van der Waals surface area contributed by atoms with Crippen LogP contribution in [0.15, 0.2) is 37.0 Å². The van der Waals surface area contributed by atoms with Gasteiger partial charge in [-0.1, -0.05) is 37.3 Å². The molecule has 0 saturated carbocycles. The molecule has 2 unspecified atom stereocenters. The minimum absolute atomic E-state index is 0.618. The molecule has 0 bridgehead atoms. The minimum atomic E-state index is 0.618. The first kappa shape index (κ1) is 8.32. The van der Waals surface area contributed by atoms with Crippen molar-refractivity contribution in [2.75, 3.05) is 0 Å². The van der Waals surface area contributed by atoms with E-state index in [1.54, 1.807) is 0 Å². The highest BCUT2D eigenvalue weighted by atomic mass is 14.2. The lowest BCUT2D eigenvalue weighted by Gasteiger charge is -2.09. The Bertz CT molecular complexity index is 174. The zero-order valence-electron chi connectivity index (χ0n) is 7.16. The van der Waals surface area contributed by atoms with Crippen molar-refractivity contribution >= 4 is 0 Å². The van der Waals surface area contributed by atoms with Gasteiger partial charge in [0.25, 0.3) is 0 Å². The molecule has 0 fully saturated rings. The van der Waals surface area contributed by atoms with Crippen LogP contribution in [0.4, 0.5) is 0 Å². The van der Waals surface area contributed by atoms with Crippen LogP contribution >= 0.6 is 0 Å². The maximum Gasteiger partial charge on any atom is 0.00122 e. The molecule has 0 heteroatoms. The predicted octanol–water partition coefficient (Wildman–Crippen LogP) is 3.33. The third-order valence-electron chi connectivity index (χ3n) is 2.16. The lowest BCUT2D eigenvalue weighted by atomic mass is 9.95. The fourth-order valence-electron chi connectivity index (χ4n) is 1.45. The van der Waals surface area contributed by atoms with Crippen LogP contribution in [0.1, 0.15) is 19.8 Å². The summed E-state index contributed by atoms with van der Waals surface area (Å²) in [6.07, 6.45) is 13.4. The molecule has 0 saturated heterocycles. The molecule has 2 atom stereocenters. The second kappa shape index (κ2) is 4.17. The topological polar surface area (TPSA) is 0 Å². The zero-order chi connectivity index (χ0) is 8.10. The molecular weight excluding hydrogens is 132 g/mol. The normalized spacial score (nSPS) is 29.9. The Morgan fingerprint density at radius 2 is 2.45 bits per heavy atom.